The lowest BCUT2D eigenvalue weighted by atomic mass is 10.0. The largest absolute Gasteiger partial charge is 0.468 e. The molecule has 0 spiro atoms. The molecule has 1 unspecified atom stereocenters. The Kier molecular flexibility index (Phi) is 5.23. The molecule has 1 fully saturated rings. The predicted octanol–water partition coefficient (Wildman–Crippen LogP) is 2.91. The molecule has 104 valence electrons. The van der Waals surface area contributed by atoms with E-state index in [1.54, 1.807) is 0 Å². The molecule has 0 N–H and O–H groups in total. The van der Waals surface area contributed by atoms with E-state index < -0.39 is 0 Å². The Hall–Kier alpha value is -1.06. The Balaban J connectivity index is 2.08. The molecule has 3 nitrogen and oxygen atoms in total. The second kappa shape index (κ2) is 6.92. The van der Waals surface area contributed by atoms with Gasteiger partial charge in [0.25, 0.3) is 0 Å². The highest BCUT2D eigenvalue weighted by atomic mass is 35.5. The van der Waals surface area contributed by atoms with Gasteiger partial charge in [0.05, 0.1) is 7.11 Å². The number of nitrogens with zero attached hydrogens (tertiary/aromatic N) is 1. The lowest BCUT2D eigenvalue weighted by Crippen LogP contribution is -2.45. The van der Waals surface area contributed by atoms with Crippen molar-refractivity contribution in [1.29, 1.82) is 0 Å². The fourth-order valence-electron chi connectivity index (χ4n) is 2.57. The van der Waals surface area contributed by atoms with Crippen LogP contribution in [-0.4, -0.2) is 37.1 Å². The van der Waals surface area contributed by atoms with Crippen LogP contribution in [0.15, 0.2) is 24.3 Å². The number of carbonyl (C=O) groups excluding carboxylic acids is 1. The minimum Gasteiger partial charge on any atom is -0.468 e. The first-order valence-electron chi connectivity index (χ1n) is 6.77. The fourth-order valence-corrected chi connectivity index (χ4v) is 2.70. The highest BCUT2D eigenvalue weighted by Crippen LogP contribution is 2.18. The molecular formula is C15H20ClNO2. The molecule has 1 saturated heterocycles. The van der Waals surface area contributed by atoms with Gasteiger partial charge in [-0.15, -0.1) is 0 Å². The van der Waals surface area contributed by atoms with Crippen LogP contribution >= 0.6 is 11.6 Å². The Bertz CT molecular complexity index is 413. The first kappa shape index (κ1) is 14.4. The summed E-state index contributed by atoms with van der Waals surface area (Å²) in [7, 11) is 1.46. The van der Waals surface area contributed by atoms with Crippen molar-refractivity contribution in [2.75, 3.05) is 20.2 Å². The number of piperidine rings is 1. The number of likely N-dealkylation sites (tertiary alicyclic amines) is 1. The molecule has 1 aliphatic heterocycles. The Morgan fingerprint density at radius 3 is 2.47 bits per heavy atom. The van der Waals surface area contributed by atoms with E-state index in [0.29, 0.717) is 6.42 Å². The molecule has 0 aromatic heterocycles. The van der Waals surface area contributed by atoms with Crippen LogP contribution in [0.2, 0.25) is 5.02 Å². The minimum absolute atomic E-state index is 0.142. The monoisotopic (exact) mass is 281 g/mol. The number of ether oxygens (including phenoxy) is 1. The van der Waals surface area contributed by atoms with Crippen LogP contribution in [0, 0.1) is 0 Å². The molecule has 1 heterocycles. The number of halogens is 1. The van der Waals surface area contributed by atoms with Crippen LogP contribution in [-0.2, 0) is 16.0 Å². The van der Waals surface area contributed by atoms with E-state index in [-0.39, 0.29) is 12.0 Å². The third-order valence-electron chi connectivity index (χ3n) is 3.65. The number of hydrogen-bond donors (Lipinski definition) is 0. The summed E-state index contributed by atoms with van der Waals surface area (Å²) in [6.07, 6.45) is 4.26. The standard InChI is InChI=1S/C15H20ClNO2/c1-19-15(18)14(17-9-3-2-4-10-17)11-12-5-7-13(16)8-6-12/h5-8,14H,2-4,9-11H2,1H3. The summed E-state index contributed by atoms with van der Waals surface area (Å²) in [4.78, 5) is 14.2. The Morgan fingerprint density at radius 1 is 1.26 bits per heavy atom. The molecule has 0 saturated carbocycles. The molecular weight excluding hydrogens is 262 g/mol. The molecule has 4 heteroatoms. The first-order valence-corrected chi connectivity index (χ1v) is 7.15. The zero-order chi connectivity index (χ0) is 13.7. The minimum atomic E-state index is -0.175. The average Bonchev–Trinajstić information content (AvgIpc) is 2.47. The van der Waals surface area contributed by atoms with E-state index in [4.69, 9.17) is 16.3 Å². The highest BCUT2D eigenvalue weighted by molar-refractivity contribution is 6.30. The van der Waals surface area contributed by atoms with Gasteiger partial charge in [0, 0.05) is 5.02 Å². The number of carbonyl (C=O) groups is 1. The summed E-state index contributed by atoms with van der Waals surface area (Å²) in [6.45, 7) is 1.96. The molecule has 0 aliphatic carbocycles. The average molecular weight is 282 g/mol. The van der Waals surface area contributed by atoms with E-state index in [2.05, 4.69) is 4.90 Å². The highest BCUT2D eigenvalue weighted by Gasteiger charge is 2.27. The molecule has 0 radical (unpaired) electrons. The van der Waals surface area contributed by atoms with Crippen molar-refractivity contribution in [2.45, 2.75) is 31.7 Å². The predicted molar refractivity (Wildman–Crippen MR) is 76.4 cm³/mol. The molecule has 1 aromatic carbocycles. The van der Waals surface area contributed by atoms with E-state index in [0.717, 1.165) is 36.5 Å². The molecule has 2 rings (SSSR count). The van der Waals surface area contributed by atoms with Crippen molar-refractivity contribution < 1.29 is 9.53 Å². The van der Waals surface area contributed by atoms with Crippen molar-refractivity contribution in [1.82, 2.24) is 4.90 Å². The summed E-state index contributed by atoms with van der Waals surface area (Å²) in [5.74, 6) is -0.142. The molecule has 19 heavy (non-hydrogen) atoms. The van der Waals surface area contributed by atoms with E-state index in [1.165, 1.54) is 13.5 Å². The van der Waals surface area contributed by atoms with Gasteiger partial charge >= 0.3 is 5.97 Å². The van der Waals surface area contributed by atoms with Crippen LogP contribution < -0.4 is 0 Å². The lowest BCUT2D eigenvalue weighted by Gasteiger charge is -2.32. The Morgan fingerprint density at radius 2 is 1.89 bits per heavy atom. The van der Waals surface area contributed by atoms with Gasteiger partial charge in [-0.3, -0.25) is 9.69 Å². The van der Waals surface area contributed by atoms with Gasteiger partial charge in [0.15, 0.2) is 0 Å². The van der Waals surface area contributed by atoms with Crippen molar-refractivity contribution in [3.8, 4) is 0 Å². The number of rotatable bonds is 4. The summed E-state index contributed by atoms with van der Waals surface area (Å²) < 4.78 is 4.95. The zero-order valence-corrected chi connectivity index (χ0v) is 12.0. The first-order chi connectivity index (χ1) is 9.20. The number of esters is 1. The van der Waals surface area contributed by atoms with Gasteiger partial charge in [-0.1, -0.05) is 30.2 Å². The van der Waals surface area contributed by atoms with E-state index >= 15 is 0 Å². The van der Waals surface area contributed by atoms with Crippen LogP contribution in [0.1, 0.15) is 24.8 Å². The molecule has 1 aromatic rings. The van der Waals surface area contributed by atoms with E-state index in [1.807, 2.05) is 24.3 Å². The number of benzene rings is 1. The van der Waals surface area contributed by atoms with Gasteiger partial charge in [0.1, 0.15) is 6.04 Å². The van der Waals surface area contributed by atoms with Crippen LogP contribution in [0.25, 0.3) is 0 Å². The third-order valence-corrected chi connectivity index (χ3v) is 3.90. The molecule has 0 bridgehead atoms. The summed E-state index contributed by atoms with van der Waals surface area (Å²) in [6, 6.07) is 7.50. The van der Waals surface area contributed by atoms with Crippen molar-refractivity contribution >= 4 is 17.6 Å². The SMILES string of the molecule is COC(=O)C(Cc1ccc(Cl)cc1)N1CCCCC1. The smallest absolute Gasteiger partial charge is 0.323 e. The van der Waals surface area contributed by atoms with Crippen molar-refractivity contribution in [2.24, 2.45) is 0 Å². The van der Waals surface area contributed by atoms with Crippen LogP contribution in [0.3, 0.4) is 0 Å². The normalized spacial score (nSPS) is 18.0. The Labute approximate surface area is 119 Å². The van der Waals surface area contributed by atoms with Gasteiger partial charge < -0.3 is 4.74 Å². The maximum atomic E-state index is 12.0. The summed E-state index contributed by atoms with van der Waals surface area (Å²) >= 11 is 5.88. The second-order valence-electron chi connectivity index (χ2n) is 4.97. The van der Waals surface area contributed by atoms with E-state index in [9.17, 15) is 4.79 Å². The summed E-state index contributed by atoms with van der Waals surface area (Å²) in [5.41, 5.74) is 1.12. The second-order valence-corrected chi connectivity index (χ2v) is 5.40. The fraction of sp³-hybridized carbons (Fsp3) is 0.533. The maximum absolute atomic E-state index is 12.0. The molecule has 0 amide bonds. The molecule has 1 aliphatic rings. The van der Waals surface area contributed by atoms with Crippen molar-refractivity contribution in [3.63, 3.8) is 0 Å². The quantitative estimate of drug-likeness (QED) is 0.795. The third kappa shape index (κ3) is 3.95. The van der Waals surface area contributed by atoms with Gasteiger partial charge in [-0.2, -0.15) is 0 Å². The zero-order valence-electron chi connectivity index (χ0n) is 11.3. The van der Waals surface area contributed by atoms with Gasteiger partial charge in [0.2, 0.25) is 0 Å². The molecule has 1 atom stereocenters. The van der Waals surface area contributed by atoms with Crippen LogP contribution in [0.5, 0.6) is 0 Å². The number of methoxy groups -OCH3 is 1. The summed E-state index contributed by atoms with van der Waals surface area (Å²) in [5, 5.41) is 0.719. The number of hydrogen-bond acceptors (Lipinski definition) is 3. The van der Waals surface area contributed by atoms with Gasteiger partial charge in [-0.05, 0) is 50.0 Å². The van der Waals surface area contributed by atoms with Crippen LogP contribution in [0.4, 0.5) is 0 Å². The maximum Gasteiger partial charge on any atom is 0.323 e. The van der Waals surface area contributed by atoms with Crippen molar-refractivity contribution in [3.05, 3.63) is 34.9 Å². The van der Waals surface area contributed by atoms with Gasteiger partial charge in [-0.25, -0.2) is 0 Å². The lowest BCUT2D eigenvalue weighted by molar-refractivity contribution is -0.147. The topological polar surface area (TPSA) is 29.5 Å².